The van der Waals surface area contributed by atoms with Crippen molar-refractivity contribution in [3.05, 3.63) is 171 Å². The summed E-state index contributed by atoms with van der Waals surface area (Å²) in [6.45, 7) is 52.1. The maximum Gasteiger partial charge on any atom is 0.252 e. The van der Waals surface area contributed by atoms with Crippen LogP contribution in [-0.2, 0) is 48.7 Å². The molecule has 4 aliphatic carbocycles. The van der Waals surface area contributed by atoms with Gasteiger partial charge < -0.3 is 14.7 Å². The van der Waals surface area contributed by atoms with Gasteiger partial charge >= 0.3 is 0 Å². The van der Waals surface area contributed by atoms with Crippen molar-refractivity contribution in [2.45, 2.75) is 245 Å². The molecule has 434 valence electrons. The average Bonchev–Trinajstić information content (AvgIpc) is 2.35. The highest BCUT2D eigenvalue weighted by Crippen LogP contribution is 2.64. The summed E-state index contributed by atoms with van der Waals surface area (Å²) in [5.41, 5.74) is 31.8. The molecule has 7 aliphatic rings. The first-order valence-electron chi connectivity index (χ1n) is 32.5. The minimum atomic E-state index is -0.172. The van der Waals surface area contributed by atoms with Crippen molar-refractivity contribution in [1.82, 2.24) is 0 Å². The molecule has 84 heavy (non-hydrogen) atoms. The number of hydrogen-bond donors (Lipinski definition) is 0. The van der Waals surface area contributed by atoms with Crippen molar-refractivity contribution in [1.29, 1.82) is 0 Å². The number of fused-ring (bicyclic) bond motifs is 10. The quantitative estimate of drug-likeness (QED) is 0.163. The van der Waals surface area contributed by atoms with E-state index < -0.39 is 0 Å². The van der Waals surface area contributed by atoms with Crippen LogP contribution in [-0.4, -0.2) is 12.3 Å². The van der Waals surface area contributed by atoms with Gasteiger partial charge in [-0.05, 0) is 215 Å². The molecule has 0 radical (unpaired) electrons. The molecule has 4 heteroatoms. The Labute approximate surface area is 507 Å². The molecule has 0 N–H and O–H groups in total. The Morgan fingerprint density at radius 1 is 0.393 bits per heavy atom. The third-order valence-electron chi connectivity index (χ3n) is 23.3. The summed E-state index contributed by atoms with van der Waals surface area (Å²) in [5.74, 6) is 0. The summed E-state index contributed by atoms with van der Waals surface area (Å²) in [6.07, 6.45) is 8.12. The second kappa shape index (κ2) is 17.2. The van der Waals surface area contributed by atoms with E-state index in [9.17, 15) is 0 Å². The number of benzene rings is 7. The second-order valence-corrected chi connectivity index (χ2v) is 34.4. The van der Waals surface area contributed by atoms with E-state index in [4.69, 9.17) is 0 Å². The van der Waals surface area contributed by atoms with E-state index in [1.165, 1.54) is 148 Å². The normalized spacial score (nSPS) is 23.8. The van der Waals surface area contributed by atoms with Crippen molar-refractivity contribution in [3.8, 4) is 11.1 Å². The van der Waals surface area contributed by atoms with Gasteiger partial charge in [0.1, 0.15) is 0 Å². The lowest BCUT2D eigenvalue weighted by atomic mass is 9.33. The molecule has 1 saturated carbocycles. The molecular weight excluding hydrogens is 1010 g/mol. The topological polar surface area (TPSA) is 9.72 Å². The van der Waals surface area contributed by atoms with E-state index in [1.54, 1.807) is 0 Å². The van der Waals surface area contributed by atoms with E-state index in [0.717, 1.165) is 25.7 Å². The van der Waals surface area contributed by atoms with Gasteiger partial charge in [-0.15, -0.1) is 0 Å². The fourth-order valence-electron chi connectivity index (χ4n) is 19.6. The van der Waals surface area contributed by atoms with Crippen molar-refractivity contribution in [3.63, 3.8) is 0 Å². The number of hydrogen-bond acceptors (Lipinski definition) is 3. The van der Waals surface area contributed by atoms with Crippen LogP contribution in [0.25, 0.3) is 11.1 Å². The Morgan fingerprint density at radius 3 is 1.32 bits per heavy atom. The highest BCUT2D eigenvalue weighted by Gasteiger charge is 2.59. The molecular formula is C80H96BN3. The highest BCUT2D eigenvalue weighted by molar-refractivity contribution is 7.00. The molecule has 7 aromatic carbocycles. The van der Waals surface area contributed by atoms with Gasteiger partial charge in [-0.1, -0.05) is 211 Å². The first-order valence-corrected chi connectivity index (χ1v) is 32.5. The summed E-state index contributed by atoms with van der Waals surface area (Å²) >= 11 is 0. The standard InChI is InChI=1S/C80H96BN3/c1-48-35-54-57(76(14,15)45-73(54,8)9)42-65(48)83-67-44-59-56(75(12,13)47-78(59,18)19)41-62(67)81-61-40-55-58(77(16,17)46-74(55,10)11)43-66(61)82(63-31-29-50(71(2,3)4)36-53(63)49-27-23-22-24-28-49)68-38-52(39-69(83)70(68)81)84-64-32-30-51(72(5,6)7)37-60(64)79(20)33-25-26-34-80(79,84)21/h22-24,27-32,35-44H,25-26,33-34,45-47H2,1-21H3. The largest absolute Gasteiger partial charge is 0.334 e. The van der Waals surface area contributed by atoms with Crippen molar-refractivity contribution in [2.24, 2.45) is 0 Å². The highest BCUT2D eigenvalue weighted by atomic mass is 15.3. The fraction of sp³-hybridized carbons (Fsp3) is 0.475. The summed E-state index contributed by atoms with van der Waals surface area (Å²) in [5, 5.41) is 0. The summed E-state index contributed by atoms with van der Waals surface area (Å²) in [6, 6.07) is 48.1. The van der Waals surface area contributed by atoms with Gasteiger partial charge in [-0.2, -0.15) is 0 Å². The van der Waals surface area contributed by atoms with Gasteiger partial charge in [-0.25, -0.2) is 0 Å². The predicted molar refractivity (Wildman–Crippen MR) is 363 cm³/mol. The Balaban J connectivity index is 1.18. The zero-order valence-electron chi connectivity index (χ0n) is 55.3. The maximum atomic E-state index is 2.89. The van der Waals surface area contributed by atoms with Gasteiger partial charge in [0.2, 0.25) is 0 Å². The molecule has 0 aromatic heterocycles. The SMILES string of the molecule is Cc1cc2c(cc1N1c3cc4c(cc3B3c5cc6c(cc5N(c5ccc(C(C)(C)C)cc5-c5ccccc5)c5cc(N7c8ccc(C(C)(C)C)cc8C8(C)CCCCC78C)cc1c53)C(C)(C)CC6(C)C)C(C)(C)CC4(C)C)C(C)(C)CC2(C)C. The number of nitrogens with zero attached hydrogens (tertiary/aromatic N) is 3. The molecule has 0 spiro atoms. The first-order chi connectivity index (χ1) is 39.0. The summed E-state index contributed by atoms with van der Waals surface area (Å²) < 4.78 is 0. The van der Waals surface area contributed by atoms with E-state index in [1.807, 2.05) is 0 Å². The molecule has 3 nitrogen and oxygen atoms in total. The Kier molecular flexibility index (Phi) is 11.4. The minimum absolute atomic E-state index is 0.00176. The van der Waals surface area contributed by atoms with E-state index in [-0.39, 0.29) is 61.0 Å². The minimum Gasteiger partial charge on any atom is -0.334 e. The van der Waals surface area contributed by atoms with Crippen molar-refractivity contribution in [2.75, 3.05) is 14.7 Å². The predicted octanol–water partition coefficient (Wildman–Crippen LogP) is 20.0. The third-order valence-corrected chi connectivity index (χ3v) is 23.3. The number of rotatable bonds is 4. The van der Waals surface area contributed by atoms with Gasteiger partial charge in [-0.3, -0.25) is 0 Å². The van der Waals surface area contributed by atoms with Crippen molar-refractivity contribution < 1.29 is 0 Å². The summed E-state index contributed by atoms with van der Waals surface area (Å²) in [7, 11) is 0. The van der Waals surface area contributed by atoms with Crippen LogP contribution in [0.4, 0.5) is 45.5 Å². The second-order valence-electron chi connectivity index (χ2n) is 34.4. The molecule has 0 amide bonds. The third kappa shape index (κ3) is 7.68. The Hall–Kier alpha value is -6.00. The van der Waals surface area contributed by atoms with Crippen LogP contribution in [0.15, 0.2) is 115 Å². The zero-order valence-corrected chi connectivity index (χ0v) is 55.3. The van der Waals surface area contributed by atoms with Gasteiger partial charge in [0.25, 0.3) is 6.71 Å². The summed E-state index contributed by atoms with van der Waals surface area (Å²) in [4.78, 5) is 8.53. The number of aryl methyl sites for hydroxylation is 1. The molecule has 1 fully saturated rings. The molecule has 0 bridgehead atoms. The molecule has 3 heterocycles. The lowest BCUT2D eigenvalue weighted by Gasteiger charge is -2.51. The molecule has 3 aliphatic heterocycles. The van der Waals surface area contributed by atoms with Crippen LogP contribution < -0.4 is 31.1 Å². The smallest absolute Gasteiger partial charge is 0.252 e. The monoisotopic (exact) mass is 1110 g/mol. The van der Waals surface area contributed by atoms with E-state index >= 15 is 0 Å². The molecule has 2 atom stereocenters. The zero-order chi connectivity index (χ0) is 60.0. The molecule has 2 unspecified atom stereocenters. The van der Waals surface area contributed by atoms with E-state index in [2.05, 4.69) is 275 Å². The van der Waals surface area contributed by atoms with E-state index in [0.29, 0.717) is 0 Å². The van der Waals surface area contributed by atoms with Gasteiger partial charge in [0.15, 0.2) is 0 Å². The van der Waals surface area contributed by atoms with Crippen LogP contribution in [0.2, 0.25) is 0 Å². The Bertz CT molecular complexity index is 3980. The van der Waals surface area contributed by atoms with Crippen LogP contribution >= 0.6 is 0 Å². The molecule has 7 aromatic rings. The first kappa shape index (κ1) is 55.9. The van der Waals surface area contributed by atoms with Crippen molar-refractivity contribution >= 4 is 68.6 Å². The average molecular weight is 1110 g/mol. The van der Waals surface area contributed by atoms with Crippen LogP contribution in [0, 0.1) is 6.92 Å². The van der Waals surface area contributed by atoms with Crippen LogP contribution in [0.3, 0.4) is 0 Å². The fourth-order valence-corrected chi connectivity index (χ4v) is 19.6. The van der Waals surface area contributed by atoms with Gasteiger partial charge in [0, 0.05) is 50.8 Å². The Morgan fingerprint density at radius 2 is 0.821 bits per heavy atom. The lowest BCUT2D eigenvalue weighted by molar-refractivity contribution is 0.195. The molecule has 0 saturated heterocycles. The van der Waals surface area contributed by atoms with Crippen LogP contribution in [0.1, 0.15) is 239 Å². The maximum absolute atomic E-state index is 2.89. The van der Waals surface area contributed by atoms with Crippen LogP contribution in [0.5, 0.6) is 0 Å². The molecule has 14 rings (SSSR count). The lowest BCUT2D eigenvalue weighted by Crippen LogP contribution is -2.62. The van der Waals surface area contributed by atoms with Gasteiger partial charge in [0.05, 0.1) is 11.2 Å². The number of anilines is 8.